The predicted molar refractivity (Wildman–Crippen MR) is 115 cm³/mol. The quantitative estimate of drug-likeness (QED) is 0.330. The van der Waals surface area contributed by atoms with Crippen molar-refractivity contribution in [2.24, 2.45) is 4.99 Å². The third-order valence-corrected chi connectivity index (χ3v) is 4.00. The Hall–Kier alpha value is -2.93. The fraction of sp³-hybridized carbons (Fsp3) is 0.381. The standard InChI is InChI=1S/C21H30N4O3/c1-5-28-19-11-10-18(14-20(19)27-4)25-21(22-2)24-15-16-6-8-17(9-7-16)23-12-13-26-3/h6-11,14,23H,5,12-13,15H2,1-4H3,(H2,22,24,25). The van der Waals surface area contributed by atoms with Crippen molar-refractivity contribution in [2.75, 3.05) is 51.7 Å². The molecule has 28 heavy (non-hydrogen) atoms. The highest BCUT2D eigenvalue weighted by Crippen LogP contribution is 2.30. The lowest BCUT2D eigenvalue weighted by Gasteiger charge is -2.15. The van der Waals surface area contributed by atoms with Crippen LogP contribution in [0, 0.1) is 0 Å². The first-order chi connectivity index (χ1) is 13.7. The number of aliphatic imine (C=N–C) groups is 1. The zero-order chi connectivity index (χ0) is 20.2. The van der Waals surface area contributed by atoms with Crippen LogP contribution in [0.5, 0.6) is 11.5 Å². The molecule has 0 atom stereocenters. The Kier molecular flexibility index (Phi) is 8.94. The van der Waals surface area contributed by atoms with Crippen molar-refractivity contribution in [3.05, 3.63) is 48.0 Å². The number of methoxy groups -OCH3 is 2. The number of anilines is 2. The summed E-state index contributed by atoms with van der Waals surface area (Å²) in [7, 11) is 5.06. The van der Waals surface area contributed by atoms with Crippen LogP contribution in [0.25, 0.3) is 0 Å². The summed E-state index contributed by atoms with van der Waals surface area (Å²) in [5.74, 6) is 2.07. The Morgan fingerprint density at radius 1 is 1.00 bits per heavy atom. The average Bonchev–Trinajstić information content (AvgIpc) is 2.73. The van der Waals surface area contributed by atoms with E-state index in [9.17, 15) is 0 Å². The molecule has 0 spiro atoms. The van der Waals surface area contributed by atoms with Crippen molar-refractivity contribution >= 4 is 17.3 Å². The maximum Gasteiger partial charge on any atom is 0.195 e. The van der Waals surface area contributed by atoms with Gasteiger partial charge in [0.25, 0.3) is 0 Å². The van der Waals surface area contributed by atoms with Gasteiger partial charge in [0.05, 0.1) is 20.3 Å². The number of nitrogens with one attached hydrogen (secondary N) is 3. The third-order valence-electron chi connectivity index (χ3n) is 4.00. The molecule has 0 heterocycles. The Bertz CT molecular complexity index is 748. The monoisotopic (exact) mass is 386 g/mol. The number of guanidine groups is 1. The van der Waals surface area contributed by atoms with E-state index < -0.39 is 0 Å². The Labute approximate surface area is 167 Å². The van der Waals surface area contributed by atoms with Crippen molar-refractivity contribution in [1.29, 1.82) is 0 Å². The molecule has 0 unspecified atom stereocenters. The molecular formula is C21H30N4O3. The molecule has 0 radical (unpaired) electrons. The van der Waals surface area contributed by atoms with Crippen molar-refractivity contribution in [1.82, 2.24) is 5.32 Å². The highest BCUT2D eigenvalue weighted by Gasteiger charge is 2.07. The first-order valence-corrected chi connectivity index (χ1v) is 9.30. The molecule has 2 rings (SSSR count). The van der Waals surface area contributed by atoms with Crippen LogP contribution in [-0.4, -0.2) is 47.0 Å². The Morgan fingerprint density at radius 2 is 1.75 bits per heavy atom. The van der Waals surface area contributed by atoms with Crippen molar-refractivity contribution < 1.29 is 14.2 Å². The summed E-state index contributed by atoms with van der Waals surface area (Å²) in [4.78, 5) is 4.28. The van der Waals surface area contributed by atoms with E-state index in [2.05, 4.69) is 45.2 Å². The van der Waals surface area contributed by atoms with Gasteiger partial charge in [-0.25, -0.2) is 0 Å². The van der Waals surface area contributed by atoms with Crippen LogP contribution in [0.4, 0.5) is 11.4 Å². The Balaban J connectivity index is 1.90. The van der Waals surface area contributed by atoms with E-state index in [1.807, 2.05) is 25.1 Å². The zero-order valence-electron chi connectivity index (χ0n) is 17.0. The summed E-state index contributed by atoms with van der Waals surface area (Å²) >= 11 is 0. The summed E-state index contributed by atoms with van der Waals surface area (Å²) in [6.07, 6.45) is 0. The lowest BCUT2D eigenvalue weighted by molar-refractivity contribution is 0.211. The maximum absolute atomic E-state index is 5.55. The fourth-order valence-corrected chi connectivity index (χ4v) is 2.56. The van der Waals surface area contributed by atoms with Gasteiger partial charge in [-0.3, -0.25) is 4.99 Å². The molecule has 2 aromatic rings. The lowest BCUT2D eigenvalue weighted by Crippen LogP contribution is -2.30. The van der Waals surface area contributed by atoms with Gasteiger partial charge in [-0.2, -0.15) is 0 Å². The molecule has 0 aromatic heterocycles. The molecule has 0 saturated heterocycles. The first kappa shape index (κ1) is 21.4. The molecule has 0 aliphatic rings. The van der Waals surface area contributed by atoms with Crippen LogP contribution in [-0.2, 0) is 11.3 Å². The van der Waals surface area contributed by atoms with E-state index in [4.69, 9.17) is 14.2 Å². The number of ether oxygens (including phenoxy) is 3. The number of benzene rings is 2. The molecule has 0 amide bonds. The molecule has 7 nitrogen and oxygen atoms in total. The summed E-state index contributed by atoms with van der Waals surface area (Å²) in [6.45, 7) is 4.66. The average molecular weight is 386 g/mol. The van der Waals surface area contributed by atoms with Gasteiger partial charge in [-0.1, -0.05) is 12.1 Å². The van der Waals surface area contributed by atoms with Crippen LogP contribution in [0.15, 0.2) is 47.5 Å². The van der Waals surface area contributed by atoms with E-state index >= 15 is 0 Å². The SMILES string of the molecule is CCOc1ccc(NC(=NC)NCc2ccc(NCCOC)cc2)cc1OC. The van der Waals surface area contributed by atoms with Gasteiger partial charge in [-0.05, 0) is 36.8 Å². The van der Waals surface area contributed by atoms with Crippen LogP contribution >= 0.6 is 0 Å². The van der Waals surface area contributed by atoms with Gasteiger partial charge in [-0.15, -0.1) is 0 Å². The lowest BCUT2D eigenvalue weighted by atomic mass is 10.2. The second-order valence-corrected chi connectivity index (χ2v) is 5.97. The van der Waals surface area contributed by atoms with Gasteiger partial charge < -0.3 is 30.2 Å². The van der Waals surface area contributed by atoms with Crippen LogP contribution in [0.1, 0.15) is 12.5 Å². The molecule has 0 aliphatic carbocycles. The number of hydrogen-bond acceptors (Lipinski definition) is 5. The van der Waals surface area contributed by atoms with Gasteiger partial charge >= 0.3 is 0 Å². The van der Waals surface area contributed by atoms with E-state index in [-0.39, 0.29) is 0 Å². The zero-order valence-corrected chi connectivity index (χ0v) is 17.0. The van der Waals surface area contributed by atoms with Crippen LogP contribution in [0.2, 0.25) is 0 Å². The summed E-state index contributed by atoms with van der Waals surface area (Å²) in [5, 5.41) is 9.88. The maximum atomic E-state index is 5.55. The molecule has 0 bridgehead atoms. The van der Waals surface area contributed by atoms with Crippen LogP contribution < -0.4 is 25.4 Å². The molecule has 0 aliphatic heterocycles. The van der Waals surface area contributed by atoms with Crippen molar-refractivity contribution in [2.45, 2.75) is 13.5 Å². The van der Waals surface area contributed by atoms with E-state index in [0.717, 1.165) is 29.2 Å². The third kappa shape index (κ3) is 6.66. The largest absolute Gasteiger partial charge is 0.493 e. The minimum absolute atomic E-state index is 0.590. The van der Waals surface area contributed by atoms with Gasteiger partial charge in [0.2, 0.25) is 0 Å². The van der Waals surface area contributed by atoms with Gasteiger partial charge in [0.1, 0.15) is 0 Å². The normalized spacial score (nSPS) is 11.1. The highest BCUT2D eigenvalue weighted by molar-refractivity contribution is 5.93. The number of nitrogens with zero attached hydrogens (tertiary/aromatic N) is 1. The first-order valence-electron chi connectivity index (χ1n) is 9.30. The number of rotatable bonds is 10. The molecule has 152 valence electrons. The summed E-state index contributed by atoms with van der Waals surface area (Å²) in [5.41, 5.74) is 3.10. The van der Waals surface area contributed by atoms with Gasteiger partial charge in [0, 0.05) is 44.7 Å². The van der Waals surface area contributed by atoms with E-state index in [0.29, 0.717) is 31.5 Å². The van der Waals surface area contributed by atoms with Crippen molar-refractivity contribution in [3.8, 4) is 11.5 Å². The minimum atomic E-state index is 0.590. The fourth-order valence-electron chi connectivity index (χ4n) is 2.56. The summed E-state index contributed by atoms with van der Waals surface area (Å²) < 4.78 is 16.0. The van der Waals surface area contributed by atoms with Crippen LogP contribution in [0.3, 0.4) is 0 Å². The minimum Gasteiger partial charge on any atom is -0.493 e. The van der Waals surface area contributed by atoms with E-state index in [1.54, 1.807) is 21.3 Å². The Morgan fingerprint density at radius 3 is 2.39 bits per heavy atom. The second kappa shape index (κ2) is 11.7. The van der Waals surface area contributed by atoms with Crippen molar-refractivity contribution in [3.63, 3.8) is 0 Å². The number of hydrogen-bond donors (Lipinski definition) is 3. The molecular weight excluding hydrogens is 356 g/mol. The molecule has 0 fully saturated rings. The molecule has 0 saturated carbocycles. The molecule has 2 aromatic carbocycles. The topological polar surface area (TPSA) is 76.1 Å². The molecule has 3 N–H and O–H groups in total. The second-order valence-electron chi connectivity index (χ2n) is 5.97. The predicted octanol–water partition coefficient (Wildman–Crippen LogP) is 3.34. The van der Waals surface area contributed by atoms with Gasteiger partial charge in [0.15, 0.2) is 17.5 Å². The van der Waals surface area contributed by atoms with E-state index in [1.165, 1.54) is 0 Å². The smallest absolute Gasteiger partial charge is 0.195 e. The molecule has 7 heteroatoms. The summed E-state index contributed by atoms with van der Waals surface area (Å²) in [6, 6.07) is 14.0. The highest BCUT2D eigenvalue weighted by atomic mass is 16.5.